The zero-order valence-electron chi connectivity index (χ0n) is 11.1. The molecule has 21 heavy (non-hydrogen) atoms. The number of methoxy groups -OCH3 is 1. The molecule has 0 atom stereocenters. The Kier molecular flexibility index (Phi) is 4.97. The van der Waals surface area contributed by atoms with Crippen molar-refractivity contribution in [3.8, 4) is 0 Å². The number of carboxylic acids is 1. The number of nitrogens with zero attached hydrogens (tertiary/aromatic N) is 2. The van der Waals surface area contributed by atoms with Gasteiger partial charge in [0.15, 0.2) is 5.16 Å². The Labute approximate surface area is 127 Å². The molecule has 1 N–H and O–H groups in total. The molecule has 0 bridgehead atoms. The van der Waals surface area contributed by atoms with Gasteiger partial charge in [0.1, 0.15) is 4.70 Å². The smallest absolute Gasteiger partial charge is 0.313 e. The zero-order valence-corrected chi connectivity index (χ0v) is 12.7. The van der Waals surface area contributed by atoms with Crippen molar-refractivity contribution in [2.45, 2.75) is 18.1 Å². The number of esters is 1. The molecule has 2 rings (SSSR count). The summed E-state index contributed by atoms with van der Waals surface area (Å²) in [6.45, 7) is 0.105. The molecule has 0 aliphatic carbocycles. The van der Waals surface area contributed by atoms with Crippen LogP contribution in [0, 0.1) is 0 Å². The number of thiophene rings is 1. The second-order valence-electron chi connectivity index (χ2n) is 3.99. The van der Waals surface area contributed by atoms with Crippen LogP contribution >= 0.6 is 23.1 Å². The molecule has 0 aliphatic heterocycles. The first kappa shape index (κ1) is 15.5. The number of carbonyl (C=O) groups excluding carboxylic acids is 1. The summed E-state index contributed by atoms with van der Waals surface area (Å²) in [5.74, 6) is -1.65. The molecule has 9 heteroatoms. The van der Waals surface area contributed by atoms with Crippen LogP contribution in [0.4, 0.5) is 0 Å². The molecule has 2 heterocycles. The molecule has 0 aliphatic rings. The normalized spacial score (nSPS) is 10.7. The quantitative estimate of drug-likeness (QED) is 0.483. The predicted molar refractivity (Wildman–Crippen MR) is 78.9 cm³/mol. The molecule has 2 aromatic heterocycles. The van der Waals surface area contributed by atoms with Crippen LogP contribution < -0.4 is 5.56 Å². The van der Waals surface area contributed by atoms with Crippen molar-refractivity contribution in [3.63, 3.8) is 0 Å². The number of fused-ring (bicyclic) bond motifs is 1. The summed E-state index contributed by atoms with van der Waals surface area (Å²) in [6.07, 6.45) is 0.0234. The Morgan fingerprint density at radius 2 is 2.29 bits per heavy atom. The summed E-state index contributed by atoms with van der Waals surface area (Å²) < 4.78 is 6.36. The fourth-order valence-electron chi connectivity index (χ4n) is 1.66. The van der Waals surface area contributed by atoms with Crippen molar-refractivity contribution in [2.75, 3.05) is 12.9 Å². The van der Waals surface area contributed by atoms with E-state index in [-0.39, 0.29) is 29.4 Å². The number of carbonyl (C=O) groups is 2. The van der Waals surface area contributed by atoms with Crippen molar-refractivity contribution < 1.29 is 19.4 Å². The van der Waals surface area contributed by atoms with Crippen molar-refractivity contribution in [1.82, 2.24) is 9.55 Å². The lowest BCUT2D eigenvalue weighted by molar-refractivity contribution is -0.141. The Balaban J connectivity index is 2.39. The number of hydrogen-bond acceptors (Lipinski definition) is 7. The number of rotatable bonds is 6. The standard InChI is InChI=1S/C12H12N2O5S2/c1-19-9(17)2-4-14-11(18)10-7(3-5-20-10)13-12(14)21-6-8(15)16/h3,5H,2,4,6H2,1H3,(H,15,16). The molecular formula is C12H12N2O5S2. The van der Waals surface area contributed by atoms with Gasteiger partial charge >= 0.3 is 11.9 Å². The van der Waals surface area contributed by atoms with Crippen LogP contribution in [-0.2, 0) is 20.9 Å². The van der Waals surface area contributed by atoms with Crippen LogP contribution in [0.5, 0.6) is 0 Å². The minimum absolute atomic E-state index is 0.0234. The second-order valence-corrected chi connectivity index (χ2v) is 5.85. The van der Waals surface area contributed by atoms with E-state index < -0.39 is 11.9 Å². The van der Waals surface area contributed by atoms with E-state index in [2.05, 4.69) is 9.72 Å². The van der Waals surface area contributed by atoms with Gasteiger partial charge in [0.05, 0.1) is 24.8 Å². The van der Waals surface area contributed by atoms with Gasteiger partial charge in [-0.25, -0.2) is 4.98 Å². The Morgan fingerprint density at radius 3 is 2.95 bits per heavy atom. The van der Waals surface area contributed by atoms with E-state index in [4.69, 9.17) is 5.11 Å². The fraction of sp³-hybridized carbons (Fsp3) is 0.333. The van der Waals surface area contributed by atoms with Crippen molar-refractivity contribution >= 4 is 45.3 Å². The molecule has 0 saturated carbocycles. The minimum Gasteiger partial charge on any atom is -0.481 e. The third kappa shape index (κ3) is 3.61. The van der Waals surface area contributed by atoms with Gasteiger partial charge in [-0.3, -0.25) is 19.0 Å². The third-order valence-corrected chi connectivity index (χ3v) is 4.48. The summed E-state index contributed by atoms with van der Waals surface area (Å²) in [7, 11) is 1.27. The van der Waals surface area contributed by atoms with Gasteiger partial charge in [0.2, 0.25) is 0 Å². The van der Waals surface area contributed by atoms with Gasteiger partial charge in [-0.15, -0.1) is 11.3 Å². The van der Waals surface area contributed by atoms with Crippen molar-refractivity contribution in [1.29, 1.82) is 0 Å². The number of ether oxygens (including phenoxy) is 1. The maximum absolute atomic E-state index is 12.4. The third-order valence-electron chi connectivity index (χ3n) is 2.62. The second kappa shape index (κ2) is 6.72. The van der Waals surface area contributed by atoms with Crippen LogP contribution in [0.15, 0.2) is 21.4 Å². The molecular weight excluding hydrogens is 316 g/mol. The Hall–Kier alpha value is -1.87. The molecule has 0 amide bonds. The van der Waals surface area contributed by atoms with Gasteiger partial charge in [0.25, 0.3) is 5.56 Å². The van der Waals surface area contributed by atoms with Crippen LogP contribution in [0.1, 0.15) is 6.42 Å². The summed E-state index contributed by atoms with van der Waals surface area (Å²) in [4.78, 5) is 38.6. The highest BCUT2D eigenvalue weighted by Crippen LogP contribution is 2.21. The maximum Gasteiger partial charge on any atom is 0.313 e. The van der Waals surface area contributed by atoms with E-state index >= 15 is 0 Å². The minimum atomic E-state index is -1.00. The summed E-state index contributed by atoms with van der Waals surface area (Å²) >= 11 is 2.22. The monoisotopic (exact) mass is 328 g/mol. The molecule has 0 spiro atoms. The van der Waals surface area contributed by atoms with Crippen LogP contribution in [-0.4, -0.2) is 39.5 Å². The molecule has 2 aromatic rings. The summed E-state index contributed by atoms with van der Waals surface area (Å²) in [6, 6.07) is 1.71. The number of aliphatic carboxylic acids is 1. The highest BCUT2D eigenvalue weighted by atomic mass is 32.2. The molecule has 0 saturated heterocycles. The van der Waals surface area contributed by atoms with Crippen LogP contribution in [0.3, 0.4) is 0 Å². The highest BCUT2D eigenvalue weighted by molar-refractivity contribution is 7.99. The van der Waals surface area contributed by atoms with Crippen molar-refractivity contribution in [2.24, 2.45) is 0 Å². The zero-order chi connectivity index (χ0) is 15.4. The summed E-state index contributed by atoms with van der Waals surface area (Å²) in [5.41, 5.74) is 0.263. The van der Waals surface area contributed by atoms with E-state index in [9.17, 15) is 14.4 Å². The lowest BCUT2D eigenvalue weighted by Crippen LogP contribution is -2.24. The number of carboxylic acid groups (broad SMARTS) is 1. The molecule has 0 unspecified atom stereocenters. The van der Waals surface area contributed by atoms with Crippen LogP contribution in [0.25, 0.3) is 10.2 Å². The first-order valence-electron chi connectivity index (χ1n) is 5.92. The first-order chi connectivity index (χ1) is 10.0. The van der Waals surface area contributed by atoms with Gasteiger partial charge < -0.3 is 9.84 Å². The molecule has 0 aromatic carbocycles. The van der Waals surface area contributed by atoms with Crippen LogP contribution in [0.2, 0.25) is 0 Å². The highest BCUT2D eigenvalue weighted by Gasteiger charge is 2.15. The van der Waals surface area contributed by atoms with Gasteiger partial charge in [-0.1, -0.05) is 11.8 Å². The van der Waals surface area contributed by atoms with Gasteiger partial charge in [0, 0.05) is 6.54 Å². The van der Waals surface area contributed by atoms with E-state index in [0.29, 0.717) is 10.2 Å². The first-order valence-corrected chi connectivity index (χ1v) is 7.79. The topological polar surface area (TPSA) is 98.5 Å². The summed E-state index contributed by atoms with van der Waals surface area (Å²) in [5, 5.41) is 10.8. The maximum atomic E-state index is 12.4. The molecule has 7 nitrogen and oxygen atoms in total. The molecule has 112 valence electrons. The Bertz CT molecular complexity index is 737. The lowest BCUT2D eigenvalue weighted by Gasteiger charge is -2.10. The average Bonchev–Trinajstić information content (AvgIpc) is 2.92. The number of aromatic nitrogens is 2. The lowest BCUT2D eigenvalue weighted by atomic mass is 10.4. The average molecular weight is 328 g/mol. The van der Waals surface area contributed by atoms with E-state index in [1.54, 1.807) is 11.4 Å². The largest absolute Gasteiger partial charge is 0.481 e. The van der Waals surface area contributed by atoms with E-state index in [1.807, 2.05) is 0 Å². The van der Waals surface area contributed by atoms with Gasteiger partial charge in [-0.05, 0) is 11.4 Å². The van der Waals surface area contributed by atoms with E-state index in [1.165, 1.54) is 23.0 Å². The SMILES string of the molecule is COC(=O)CCn1c(SCC(=O)O)nc2ccsc2c1=O. The molecule has 0 fully saturated rings. The predicted octanol–water partition coefficient (Wildman–Crippen LogP) is 1.20. The Morgan fingerprint density at radius 1 is 1.52 bits per heavy atom. The van der Waals surface area contributed by atoms with Crippen molar-refractivity contribution in [3.05, 3.63) is 21.8 Å². The van der Waals surface area contributed by atoms with Gasteiger partial charge in [-0.2, -0.15) is 0 Å². The fourth-order valence-corrected chi connectivity index (χ4v) is 3.19. The molecule has 0 radical (unpaired) electrons. The number of thioether (sulfide) groups is 1. The van der Waals surface area contributed by atoms with E-state index in [0.717, 1.165) is 11.8 Å². The number of hydrogen-bond donors (Lipinski definition) is 1.